The second-order valence-corrected chi connectivity index (χ2v) is 5.50. The van der Waals surface area contributed by atoms with E-state index in [1.165, 1.54) is 19.1 Å². The zero-order chi connectivity index (χ0) is 18.6. The van der Waals surface area contributed by atoms with Gasteiger partial charge in [0.05, 0.1) is 6.61 Å². The molecular formula is C19H19FO5. The molecule has 1 N–H and O–H groups in total. The standard InChI is InChI=1S/C19H19FO5/c1-4-9-24-14-7-5-13(6-8-14)19(23)17-15(22)10-16(25-12(3)21)11(2)18(17)20/h5-8,10,22H,4,9H2,1-3H3. The number of carbonyl (C=O) groups is 2. The summed E-state index contributed by atoms with van der Waals surface area (Å²) in [7, 11) is 0. The average Bonchev–Trinajstić information content (AvgIpc) is 2.57. The minimum absolute atomic E-state index is 0.0285. The van der Waals surface area contributed by atoms with Gasteiger partial charge in [0, 0.05) is 24.1 Å². The third kappa shape index (κ3) is 4.15. The average molecular weight is 346 g/mol. The van der Waals surface area contributed by atoms with Gasteiger partial charge in [0.2, 0.25) is 0 Å². The van der Waals surface area contributed by atoms with E-state index in [1.54, 1.807) is 12.1 Å². The summed E-state index contributed by atoms with van der Waals surface area (Å²) in [4.78, 5) is 23.6. The zero-order valence-electron chi connectivity index (χ0n) is 14.3. The lowest BCUT2D eigenvalue weighted by Crippen LogP contribution is -2.09. The zero-order valence-corrected chi connectivity index (χ0v) is 14.3. The topological polar surface area (TPSA) is 72.8 Å². The van der Waals surface area contributed by atoms with Crippen molar-refractivity contribution in [2.24, 2.45) is 0 Å². The summed E-state index contributed by atoms with van der Waals surface area (Å²) >= 11 is 0. The Bertz CT molecular complexity index is 796. The first-order chi connectivity index (χ1) is 11.8. The highest BCUT2D eigenvalue weighted by atomic mass is 19.1. The van der Waals surface area contributed by atoms with Crippen molar-refractivity contribution in [1.29, 1.82) is 0 Å². The molecule has 132 valence electrons. The molecule has 0 atom stereocenters. The number of ether oxygens (including phenoxy) is 2. The maximum atomic E-state index is 14.6. The Morgan fingerprint density at radius 1 is 1.20 bits per heavy atom. The van der Waals surface area contributed by atoms with Crippen LogP contribution < -0.4 is 9.47 Å². The predicted octanol–water partition coefficient (Wildman–Crippen LogP) is 3.78. The molecule has 0 aliphatic rings. The number of carbonyl (C=O) groups excluding carboxylic acids is 2. The Hall–Kier alpha value is -2.89. The molecule has 25 heavy (non-hydrogen) atoms. The van der Waals surface area contributed by atoms with Crippen molar-refractivity contribution >= 4 is 11.8 Å². The van der Waals surface area contributed by atoms with Gasteiger partial charge in [-0.3, -0.25) is 9.59 Å². The number of hydrogen-bond donors (Lipinski definition) is 1. The van der Waals surface area contributed by atoms with E-state index in [0.29, 0.717) is 12.4 Å². The van der Waals surface area contributed by atoms with Crippen molar-refractivity contribution in [3.63, 3.8) is 0 Å². The Kier molecular flexibility index (Phi) is 5.75. The lowest BCUT2D eigenvalue weighted by Gasteiger charge is -2.12. The summed E-state index contributed by atoms with van der Waals surface area (Å²) in [6.45, 7) is 5.06. The summed E-state index contributed by atoms with van der Waals surface area (Å²) in [6.07, 6.45) is 0.855. The van der Waals surface area contributed by atoms with Gasteiger partial charge in [-0.05, 0) is 37.6 Å². The summed E-state index contributed by atoms with van der Waals surface area (Å²) in [5.74, 6) is -2.35. The van der Waals surface area contributed by atoms with Gasteiger partial charge in [-0.2, -0.15) is 0 Å². The first-order valence-electron chi connectivity index (χ1n) is 7.83. The maximum absolute atomic E-state index is 14.6. The number of ketones is 1. The highest BCUT2D eigenvalue weighted by Gasteiger charge is 2.23. The van der Waals surface area contributed by atoms with Crippen LogP contribution >= 0.6 is 0 Å². The fourth-order valence-corrected chi connectivity index (χ4v) is 2.26. The molecule has 0 aliphatic heterocycles. The second-order valence-electron chi connectivity index (χ2n) is 5.50. The molecule has 0 saturated heterocycles. The van der Waals surface area contributed by atoms with E-state index in [2.05, 4.69) is 0 Å². The van der Waals surface area contributed by atoms with E-state index in [-0.39, 0.29) is 16.9 Å². The molecule has 6 heteroatoms. The van der Waals surface area contributed by atoms with Gasteiger partial charge in [-0.15, -0.1) is 0 Å². The number of halogens is 1. The van der Waals surface area contributed by atoms with Crippen LogP contribution in [0.15, 0.2) is 30.3 Å². The highest BCUT2D eigenvalue weighted by Crippen LogP contribution is 2.33. The van der Waals surface area contributed by atoms with Crippen LogP contribution in [0.1, 0.15) is 41.8 Å². The first-order valence-corrected chi connectivity index (χ1v) is 7.83. The van der Waals surface area contributed by atoms with Gasteiger partial charge in [0.15, 0.2) is 5.78 Å². The normalized spacial score (nSPS) is 10.4. The third-order valence-electron chi connectivity index (χ3n) is 3.51. The van der Waals surface area contributed by atoms with Crippen molar-refractivity contribution in [3.8, 4) is 17.2 Å². The molecule has 0 aliphatic carbocycles. The van der Waals surface area contributed by atoms with E-state index in [0.717, 1.165) is 19.4 Å². The summed E-state index contributed by atoms with van der Waals surface area (Å²) in [6, 6.07) is 7.28. The van der Waals surface area contributed by atoms with E-state index >= 15 is 0 Å². The molecule has 2 rings (SSSR count). The lowest BCUT2D eigenvalue weighted by atomic mass is 9.99. The molecule has 2 aromatic rings. The van der Waals surface area contributed by atoms with Crippen molar-refractivity contribution in [3.05, 3.63) is 52.8 Å². The fourth-order valence-electron chi connectivity index (χ4n) is 2.26. The monoisotopic (exact) mass is 346 g/mol. The van der Waals surface area contributed by atoms with E-state index in [4.69, 9.17) is 9.47 Å². The Balaban J connectivity index is 2.36. The smallest absolute Gasteiger partial charge is 0.308 e. The molecule has 2 aromatic carbocycles. The van der Waals surface area contributed by atoms with Gasteiger partial charge >= 0.3 is 5.97 Å². The van der Waals surface area contributed by atoms with Crippen LogP contribution in [-0.2, 0) is 4.79 Å². The van der Waals surface area contributed by atoms with Crippen LogP contribution in [0.3, 0.4) is 0 Å². The number of phenols is 1. The van der Waals surface area contributed by atoms with Crippen LogP contribution in [0, 0.1) is 12.7 Å². The number of phenolic OH excluding ortho intramolecular Hbond substituents is 1. The molecule has 0 fully saturated rings. The second kappa shape index (κ2) is 7.79. The lowest BCUT2D eigenvalue weighted by molar-refractivity contribution is -0.131. The molecule has 0 radical (unpaired) electrons. The number of aromatic hydroxyl groups is 1. The SMILES string of the molecule is CCCOc1ccc(C(=O)c2c(O)cc(OC(C)=O)c(C)c2F)cc1. The number of esters is 1. The fraction of sp³-hybridized carbons (Fsp3) is 0.263. The summed E-state index contributed by atoms with van der Waals surface area (Å²) < 4.78 is 24.8. The van der Waals surface area contributed by atoms with Crippen LogP contribution in [0.2, 0.25) is 0 Å². The van der Waals surface area contributed by atoms with Gasteiger partial charge in [0.25, 0.3) is 0 Å². The number of benzene rings is 2. The van der Waals surface area contributed by atoms with E-state index < -0.39 is 28.9 Å². The van der Waals surface area contributed by atoms with Gasteiger partial charge < -0.3 is 14.6 Å². The Morgan fingerprint density at radius 2 is 1.84 bits per heavy atom. The summed E-state index contributed by atoms with van der Waals surface area (Å²) in [5.41, 5.74) is -0.285. The molecule has 0 amide bonds. The van der Waals surface area contributed by atoms with Gasteiger partial charge in [-0.25, -0.2) is 4.39 Å². The Morgan fingerprint density at radius 3 is 2.40 bits per heavy atom. The molecule has 0 aromatic heterocycles. The highest BCUT2D eigenvalue weighted by molar-refractivity contribution is 6.11. The van der Waals surface area contributed by atoms with Crippen LogP contribution in [0.25, 0.3) is 0 Å². The number of hydrogen-bond acceptors (Lipinski definition) is 5. The van der Waals surface area contributed by atoms with Gasteiger partial charge in [0.1, 0.15) is 28.6 Å². The third-order valence-corrected chi connectivity index (χ3v) is 3.51. The van der Waals surface area contributed by atoms with Crippen molar-refractivity contribution < 1.29 is 28.6 Å². The summed E-state index contributed by atoms with van der Waals surface area (Å²) in [5, 5.41) is 10.0. The largest absolute Gasteiger partial charge is 0.507 e. The maximum Gasteiger partial charge on any atom is 0.308 e. The molecule has 0 unspecified atom stereocenters. The molecule has 0 spiro atoms. The predicted molar refractivity (Wildman–Crippen MR) is 89.8 cm³/mol. The molecule has 0 saturated carbocycles. The molecule has 0 heterocycles. The quantitative estimate of drug-likeness (QED) is 0.489. The van der Waals surface area contributed by atoms with Gasteiger partial charge in [-0.1, -0.05) is 6.92 Å². The van der Waals surface area contributed by atoms with E-state index in [1.807, 2.05) is 6.92 Å². The van der Waals surface area contributed by atoms with Crippen molar-refractivity contribution in [2.75, 3.05) is 6.61 Å². The number of rotatable bonds is 6. The minimum Gasteiger partial charge on any atom is -0.507 e. The van der Waals surface area contributed by atoms with E-state index in [9.17, 15) is 19.1 Å². The van der Waals surface area contributed by atoms with Crippen molar-refractivity contribution in [2.45, 2.75) is 27.2 Å². The minimum atomic E-state index is -0.924. The van der Waals surface area contributed by atoms with Crippen LogP contribution in [-0.4, -0.2) is 23.5 Å². The molecule has 5 nitrogen and oxygen atoms in total. The Labute approximate surface area is 145 Å². The van der Waals surface area contributed by atoms with Crippen LogP contribution in [0.5, 0.6) is 17.2 Å². The molecular weight excluding hydrogens is 327 g/mol. The first kappa shape index (κ1) is 18.4. The molecule has 0 bridgehead atoms. The van der Waals surface area contributed by atoms with Crippen LogP contribution in [0.4, 0.5) is 4.39 Å². The van der Waals surface area contributed by atoms with Crippen molar-refractivity contribution in [1.82, 2.24) is 0 Å².